The second-order valence-electron chi connectivity index (χ2n) is 12.1. The number of fused-ring (bicyclic) bond motifs is 1. The predicted octanol–water partition coefficient (Wildman–Crippen LogP) is 8.06. The maximum Gasteiger partial charge on any atom is 0.339 e. The number of rotatable bonds is 9. The van der Waals surface area contributed by atoms with Gasteiger partial charge in [0.2, 0.25) is 0 Å². The van der Waals surface area contributed by atoms with Crippen LogP contribution in [0.15, 0.2) is 54.6 Å². The summed E-state index contributed by atoms with van der Waals surface area (Å²) >= 11 is 6.30. The van der Waals surface area contributed by atoms with E-state index in [1.54, 1.807) is 0 Å². The number of benzene rings is 2. The summed E-state index contributed by atoms with van der Waals surface area (Å²) in [6.45, 7) is 13.3. The summed E-state index contributed by atoms with van der Waals surface area (Å²) in [6.07, 6.45) is 1.06. The Morgan fingerprint density at radius 3 is 2.29 bits per heavy atom. The molecule has 1 saturated carbocycles. The van der Waals surface area contributed by atoms with E-state index in [9.17, 15) is 4.79 Å². The van der Waals surface area contributed by atoms with Crippen LogP contribution in [0, 0.1) is 20.8 Å². The number of hydrogen-bond acceptors (Lipinski definition) is 5. The van der Waals surface area contributed by atoms with Crippen LogP contribution in [0.1, 0.15) is 67.8 Å². The van der Waals surface area contributed by atoms with Crippen molar-refractivity contribution in [1.29, 1.82) is 0 Å². The minimum absolute atomic E-state index is 0.225. The summed E-state index contributed by atoms with van der Waals surface area (Å²) in [5.74, 6) is -0.459. The number of pyridine rings is 1. The molecule has 4 aromatic rings. The van der Waals surface area contributed by atoms with Crippen LogP contribution in [-0.2, 0) is 32.2 Å². The van der Waals surface area contributed by atoms with Crippen LogP contribution in [0.4, 0.5) is 0 Å². The van der Waals surface area contributed by atoms with Crippen LogP contribution in [0.2, 0.25) is 5.02 Å². The fourth-order valence-electron chi connectivity index (χ4n) is 5.50. The molecule has 0 aliphatic heterocycles. The highest BCUT2D eigenvalue weighted by Crippen LogP contribution is 2.46. The molecule has 2 aromatic carbocycles. The molecule has 0 radical (unpaired) electrons. The van der Waals surface area contributed by atoms with Gasteiger partial charge in [0.1, 0.15) is 5.65 Å². The van der Waals surface area contributed by atoms with Gasteiger partial charge in [-0.3, -0.25) is 0 Å². The van der Waals surface area contributed by atoms with Gasteiger partial charge in [-0.1, -0.05) is 54.1 Å². The molecule has 0 saturated heterocycles. The molecule has 0 spiro atoms. The lowest BCUT2D eigenvalue weighted by atomic mass is 9.91. The minimum Gasteiger partial charge on any atom is -0.467 e. The van der Waals surface area contributed by atoms with Gasteiger partial charge in [0, 0.05) is 32.9 Å². The number of methoxy groups -OCH3 is 1. The van der Waals surface area contributed by atoms with Gasteiger partial charge >= 0.3 is 5.97 Å². The molecule has 1 aliphatic rings. The largest absolute Gasteiger partial charge is 0.467 e. The van der Waals surface area contributed by atoms with E-state index in [4.69, 9.17) is 30.8 Å². The van der Waals surface area contributed by atoms with Crippen molar-refractivity contribution in [3.05, 3.63) is 87.7 Å². The van der Waals surface area contributed by atoms with Gasteiger partial charge in [0.15, 0.2) is 6.10 Å². The van der Waals surface area contributed by atoms with Crippen molar-refractivity contribution in [3.8, 4) is 11.1 Å². The van der Waals surface area contributed by atoms with Crippen LogP contribution < -0.4 is 0 Å². The average Bonchev–Trinajstić information content (AvgIpc) is 3.68. The SMILES string of the molecule is COC(=O)[C@@H](OC(C)(C)C)c1c(C)nc2c(c(C)c(C)n2CC2(OCc3ccccc3)CC2)c1-c1ccc(Cl)cc1. The third kappa shape index (κ3) is 6.06. The monoisotopic (exact) mass is 574 g/mol. The molecular formula is C34H39ClN2O4. The van der Waals surface area contributed by atoms with Gasteiger partial charge in [-0.2, -0.15) is 0 Å². The van der Waals surface area contributed by atoms with E-state index in [0.29, 0.717) is 23.7 Å². The molecule has 1 fully saturated rings. The highest BCUT2D eigenvalue weighted by molar-refractivity contribution is 6.30. The van der Waals surface area contributed by atoms with Crippen molar-refractivity contribution in [2.45, 2.75) is 84.8 Å². The molecule has 1 atom stereocenters. The van der Waals surface area contributed by atoms with Crippen LogP contribution in [0.25, 0.3) is 22.2 Å². The van der Waals surface area contributed by atoms with E-state index in [0.717, 1.165) is 52.0 Å². The molecule has 6 nitrogen and oxygen atoms in total. The Labute approximate surface area is 247 Å². The van der Waals surface area contributed by atoms with Gasteiger partial charge in [0.25, 0.3) is 0 Å². The van der Waals surface area contributed by atoms with Gasteiger partial charge in [-0.15, -0.1) is 0 Å². The molecule has 7 heteroatoms. The lowest BCUT2D eigenvalue weighted by Gasteiger charge is -2.29. The van der Waals surface area contributed by atoms with Crippen molar-refractivity contribution < 1.29 is 19.0 Å². The molecule has 0 N–H and O–H groups in total. The maximum atomic E-state index is 13.2. The van der Waals surface area contributed by atoms with Crippen LogP contribution in [0.3, 0.4) is 0 Å². The van der Waals surface area contributed by atoms with E-state index in [-0.39, 0.29) is 5.60 Å². The third-order valence-electron chi connectivity index (χ3n) is 7.91. The van der Waals surface area contributed by atoms with Crippen molar-refractivity contribution in [3.63, 3.8) is 0 Å². The molecule has 5 rings (SSSR count). The fraction of sp³-hybridized carbons (Fsp3) is 0.412. The van der Waals surface area contributed by atoms with Crippen LogP contribution in [-0.4, -0.2) is 33.8 Å². The molecule has 1 aliphatic carbocycles. The standard InChI is InChI=1S/C34H39ClN2O4/c1-21-23(3)37(20-34(17-18-34)40-19-24-11-9-8-10-12-24)31-27(21)29(25-13-15-26(35)16-14-25)28(22(2)36-31)30(32(38)39-7)41-33(4,5)6/h8-16,30H,17-20H2,1-7H3/t30-/m0/s1. The molecule has 2 aromatic heterocycles. The van der Waals surface area contributed by atoms with Crippen LogP contribution in [0.5, 0.6) is 0 Å². The molecule has 41 heavy (non-hydrogen) atoms. The number of nitrogens with zero attached hydrogens (tertiary/aromatic N) is 2. The zero-order chi connectivity index (χ0) is 29.5. The molecular weight excluding hydrogens is 536 g/mol. The van der Waals surface area contributed by atoms with Crippen molar-refractivity contribution in [2.24, 2.45) is 0 Å². The van der Waals surface area contributed by atoms with E-state index in [1.807, 2.05) is 70.2 Å². The van der Waals surface area contributed by atoms with E-state index in [1.165, 1.54) is 12.7 Å². The van der Waals surface area contributed by atoms with E-state index < -0.39 is 17.7 Å². The lowest BCUT2D eigenvalue weighted by molar-refractivity contribution is -0.164. The number of carbonyl (C=O) groups excluding carboxylic acids is 1. The van der Waals surface area contributed by atoms with E-state index >= 15 is 0 Å². The van der Waals surface area contributed by atoms with E-state index in [2.05, 4.69) is 30.5 Å². The molecule has 2 heterocycles. The Morgan fingerprint density at radius 1 is 1.05 bits per heavy atom. The highest BCUT2D eigenvalue weighted by Gasteiger charge is 2.45. The van der Waals surface area contributed by atoms with Gasteiger partial charge in [-0.05, 0) is 83.2 Å². The number of esters is 1. The Bertz CT molecular complexity index is 1570. The summed E-state index contributed by atoms with van der Waals surface area (Å²) < 4.78 is 20.4. The molecule has 0 unspecified atom stereocenters. The second kappa shape index (κ2) is 11.2. The minimum atomic E-state index is -0.949. The molecule has 0 bridgehead atoms. The first kappa shape index (κ1) is 29.3. The van der Waals surface area contributed by atoms with Gasteiger partial charge in [-0.25, -0.2) is 9.78 Å². The zero-order valence-electron chi connectivity index (χ0n) is 25.0. The fourth-order valence-corrected chi connectivity index (χ4v) is 5.62. The van der Waals surface area contributed by atoms with Crippen LogP contribution >= 0.6 is 11.6 Å². The average molecular weight is 575 g/mol. The summed E-state index contributed by atoms with van der Waals surface area (Å²) in [5, 5.41) is 1.64. The highest BCUT2D eigenvalue weighted by atomic mass is 35.5. The zero-order valence-corrected chi connectivity index (χ0v) is 25.8. The topological polar surface area (TPSA) is 62.6 Å². The molecule has 216 valence electrons. The first-order valence-electron chi connectivity index (χ1n) is 14.1. The van der Waals surface area contributed by atoms with Gasteiger partial charge in [0.05, 0.1) is 31.5 Å². The Balaban J connectivity index is 1.68. The maximum absolute atomic E-state index is 13.2. The Morgan fingerprint density at radius 2 is 1.71 bits per heavy atom. The van der Waals surface area contributed by atoms with Crippen molar-refractivity contribution in [1.82, 2.24) is 9.55 Å². The number of aryl methyl sites for hydroxylation is 2. The Hall–Kier alpha value is -3.19. The molecule has 0 amide bonds. The first-order valence-corrected chi connectivity index (χ1v) is 14.5. The summed E-state index contributed by atoms with van der Waals surface area (Å²) in [6, 6.07) is 18.0. The smallest absolute Gasteiger partial charge is 0.339 e. The number of aromatic nitrogens is 2. The summed E-state index contributed by atoms with van der Waals surface area (Å²) in [5.41, 5.74) is 6.74. The van der Waals surface area contributed by atoms with Gasteiger partial charge < -0.3 is 18.8 Å². The summed E-state index contributed by atoms with van der Waals surface area (Å²) in [7, 11) is 1.39. The first-order chi connectivity index (χ1) is 19.4. The lowest BCUT2D eigenvalue weighted by Crippen LogP contribution is -2.29. The van der Waals surface area contributed by atoms with Crippen molar-refractivity contribution in [2.75, 3.05) is 7.11 Å². The summed E-state index contributed by atoms with van der Waals surface area (Å²) in [4.78, 5) is 18.4. The number of carbonyl (C=O) groups is 1. The van der Waals surface area contributed by atoms with Crippen molar-refractivity contribution >= 4 is 28.6 Å². The Kier molecular flexibility index (Phi) is 8.03. The third-order valence-corrected chi connectivity index (χ3v) is 8.16. The number of ether oxygens (including phenoxy) is 3. The predicted molar refractivity (Wildman–Crippen MR) is 163 cm³/mol. The number of hydrogen-bond donors (Lipinski definition) is 0. The number of halogens is 1. The second-order valence-corrected chi connectivity index (χ2v) is 12.5. The normalized spacial score (nSPS) is 15.2. The quantitative estimate of drug-likeness (QED) is 0.189.